The molecule has 9 nitrogen and oxygen atoms in total. The average molecular weight is 307 g/mol. The molecule has 0 aromatic heterocycles. The zero-order valence-electron chi connectivity index (χ0n) is 11.8. The first-order valence-electron chi connectivity index (χ1n) is 6.58. The number of carbonyl (C=O) groups is 2. The molecule has 1 heterocycles. The molecule has 1 aliphatic rings. The van der Waals surface area contributed by atoms with E-state index >= 15 is 0 Å². The zero-order chi connectivity index (χ0) is 16.2. The Balaban J connectivity index is 2.66. The molecule has 9 heteroatoms. The fourth-order valence-electron chi connectivity index (χ4n) is 1.84. The number of carbonyl (C=O) groups excluding carboxylic acids is 1. The predicted octanol–water partition coefficient (Wildman–Crippen LogP) is -2.19. The van der Waals surface area contributed by atoms with E-state index in [2.05, 4.69) is 5.32 Å². The molecule has 5 N–H and O–H groups in total. The van der Waals surface area contributed by atoms with E-state index in [0.717, 1.165) is 0 Å². The van der Waals surface area contributed by atoms with E-state index in [-0.39, 0.29) is 19.1 Å². The molecule has 0 aromatic rings. The molecule has 0 aromatic carbocycles. The van der Waals surface area contributed by atoms with Gasteiger partial charge in [0.05, 0.1) is 12.5 Å². The Morgan fingerprint density at radius 1 is 1.19 bits per heavy atom. The maximum absolute atomic E-state index is 11.8. The predicted molar refractivity (Wildman–Crippen MR) is 68.2 cm³/mol. The summed E-state index contributed by atoms with van der Waals surface area (Å²) in [5.41, 5.74) is 0. The third-order valence-electron chi connectivity index (χ3n) is 2.87. The third-order valence-corrected chi connectivity index (χ3v) is 2.87. The number of ether oxygens (including phenoxy) is 2. The maximum atomic E-state index is 11.8. The van der Waals surface area contributed by atoms with E-state index in [1.54, 1.807) is 13.8 Å². The lowest BCUT2D eigenvalue weighted by molar-refractivity contribution is -0.298. The van der Waals surface area contributed by atoms with E-state index in [1.807, 2.05) is 0 Å². The lowest BCUT2D eigenvalue weighted by Gasteiger charge is -2.40. The molecule has 1 aliphatic heterocycles. The Morgan fingerprint density at radius 2 is 1.81 bits per heavy atom. The Hall–Kier alpha value is -1.26. The number of nitrogens with one attached hydrogen (secondary N) is 1. The molecule has 0 radical (unpaired) electrons. The van der Waals surface area contributed by atoms with Crippen LogP contribution in [-0.2, 0) is 19.1 Å². The number of hydrogen-bond donors (Lipinski definition) is 5. The number of aliphatic hydroxyl groups is 3. The highest BCUT2D eigenvalue weighted by molar-refractivity contribution is 5.82. The van der Waals surface area contributed by atoms with Gasteiger partial charge in [-0.05, 0) is 13.8 Å². The van der Waals surface area contributed by atoms with Crippen molar-refractivity contribution < 1.29 is 39.5 Å². The SMILES string of the molecule is CC(C)O[C@@H]1O[C@H](C(=O)NCCC(=O)O)[C@@H](O)[C@H](O)[C@H]1O. The van der Waals surface area contributed by atoms with Crippen LogP contribution < -0.4 is 5.32 Å². The summed E-state index contributed by atoms with van der Waals surface area (Å²) in [5.74, 6) is -1.87. The molecule has 0 bridgehead atoms. The van der Waals surface area contributed by atoms with Crippen molar-refractivity contribution in [3.63, 3.8) is 0 Å². The highest BCUT2D eigenvalue weighted by Crippen LogP contribution is 2.23. The lowest BCUT2D eigenvalue weighted by Crippen LogP contribution is -2.62. The second-order valence-electron chi connectivity index (χ2n) is 5.02. The summed E-state index contributed by atoms with van der Waals surface area (Å²) in [7, 11) is 0. The zero-order valence-corrected chi connectivity index (χ0v) is 11.8. The molecule has 1 saturated heterocycles. The fraction of sp³-hybridized carbons (Fsp3) is 0.833. The summed E-state index contributed by atoms with van der Waals surface area (Å²) in [6, 6.07) is 0. The van der Waals surface area contributed by atoms with E-state index in [0.29, 0.717) is 0 Å². The first-order chi connectivity index (χ1) is 9.73. The Bertz CT molecular complexity index is 374. The Labute approximate surface area is 121 Å². The average Bonchev–Trinajstić information content (AvgIpc) is 2.38. The highest BCUT2D eigenvalue weighted by atomic mass is 16.7. The molecule has 0 saturated carbocycles. The van der Waals surface area contributed by atoms with Crippen LogP contribution >= 0.6 is 0 Å². The van der Waals surface area contributed by atoms with Crippen molar-refractivity contribution in [2.75, 3.05) is 6.54 Å². The molecule has 0 unspecified atom stereocenters. The monoisotopic (exact) mass is 307 g/mol. The number of aliphatic carboxylic acids is 1. The number of aliphatic hydroxyl groups excluding tert-OH is 3. The summed E-state index contributed by atoms with van der Waals surface area (Å²) >= 11 is 0. The van der Waals surface area contributed by atoms with Gasteiger partial charge in [0.15, 0.2) is 12.4 Å². The summed E-state index contributed by atoms with van der Waals surface area (Å²) in [6.07, 6.45) is -8.09. The largest absolute Gasteiger partial charge is 0.481 e. The van der Waals surface area contributed by atoms with Crippen molar-refractivity contribution in [1.82, 2.24) is 5.32 Å². The summed E-state index contributed by atoms with van der Waals surface area (Å²) in [6.45, 7) is 3.21. The van der Waals surface area contributed by atoms with Crippen LogP contribution in [0.5, 0.6) is 0 Å². The van der Waals surface area contributed by atoms with Gasteiger partial charge in [-0.2, -0.15) is 0 Å². The summed E-state index contributed by atoms with van der Waals surface area (Å²) in [4.78, 5) is 22.2. The highest BCUT2D eigenvalue weighted by Gasteiger charge is 2.47. The van der Waals surface area contributed by atoms with Gasteiger partial charge in [-0.3, -0.25) is 9.59 Å². The minimum atomic E-state index is -1.64. The van der Waals surface area contributed by atoms with E-state index in [4.69, 9.17) is 14.6 Å². The second-order valence-corrected chi connectivity index (χ2v) is 5.02. The first-order valence-corrected chi connectivity index (χ1v) is 6.58. The van der Waals surface area contributed by atoms with Crippen LogP contribution in [-0.4, -0.2) is 75.7 Å². The third kappa shape index (κ3) is 4.90. The molecule has 21 heavy (non-hydrogen) atoms. The quantitative estimate of drug-likeness (QED) is 0.372. The minimum absolute atomic E-state index is 0.144. The number of carboxylic acid groups (broad SMARTS) is 1. The van der Waals surface area contributed by atoms with Gasteiger partial charge < -0.3 is 35.2 Å². The van der Waals surface area contributed by atoms with Crippen LogP contribution in [0.15, 0.2) is 0 Å². The van der Waals surface area contributed by atoms with Crippen LogP contribution in [0.1, 0.15) is 20.3 Å². The minimum Gasteiger partial charge on any atom is -0.481 e. The van der Waals surface area contributed by atoms with Gasteiger partial charge in [-0.1, -0.05) is 0 Å². The lowest BCUT2D eigenvalue weighted by atomic mass is 9.98. The summed E-state index contributed by atoms with van der Waals surface area (Å²) < 4.78 is 10.4. The van der Waals surface area contributed by atoms with Crippen molar-refractivity contribution in [2.24, 2.45) is 0 Å². The molecule has 5 atom stereocenters. The molecule has 0 aliphatic carbocycles. The smallest absolute Gasteiger partial charge is 0.305 e. The number of carboxylic acids is 1. The summed E-state index contributed by atoms with van der Waals surface area (Å²) in [5, 5.41) is 40.0. The van der Waals surface area contributed by atoms with Gasteiger partial charge in [-0.15, -0.1) is 0 Å². The number of rotatable bonds is 6. The number of hydrogen-bond acceptors (Lipinski definition) is 7. The topological polar surface area (TPSA) is 146 Å². The molecular weight excluding hydrogens is 286 g/mol. The molecule has 1 rings (SSSR count). The van der Waals surface area contributed by atoms with E-state index in [1.165, 1.54) is 0 Å². The standard InChI is InChI=1S/C12H21NO8/c1-5(2)20-12-9(18)7(16)8(17)10(21-12)11(19)13-4-3-6(14)15/h5,7-10,12,16-18H,3-4H2,1-2H3,(H,13,19)(H,14,15)/t7-,8-,9+,10-,12+/m0/s1. The molecule has 1 amide bonds. The van der Waals surface area contributed by atoms with Crippen molar-refractivity contribution >= 4 is 11.9 Å². The van der Waals surface area contributed by atoms with Crippen LogP contribution in [0, 0.1) is 0 Å². The van der Waals surface area contributed by atoms with Gasteiger partial charge in [0.25, 0.3) is 5.91 Å². The molecular formula is C12H21NO8. The van der Waals surface area contributed by atoms with Crippen molar-refractivity contribution in [1.29, 1.82) is 0 Å². The van der Waals surface area contributed by atoms with Crippen molar-refractivity contribution in [3.8, 4) is 0 Å². The van der Waals surface area contributed by atoms with Gasteiger partial charge in [0, 0.05) is 6.54 Å². The number of amides is 1. The fourth-order valence-corrected chi connectivity index (χ4v) is 1.84. The van der Waals surface area contributed by atoms with Crippen LogP contribution in [0.3, 0.4) is 0 Å². The Morgan fingerprint density at radius 3 is 2.33 bits per heavy atom. The van der Waals surface area contributed by atoms with E-state index in [9.17, 15) is 24.9 Å². The van der Waals surface area contributed by atoms with Gasteiger partial charge in [-0.25, -0.2) is 0 Å². The van der Waals surface area contributed by atoms with Crippen LogP contribution in [0.2, 0.25) is 0 Å². The van der Waals surface area contributed by atoms with Gasteiger partial charge in [0.1, 0.15) is 18.3 Å². The second kappa shape index (κ2) is 7.66. The van der Waals surface area contributed by atoms with E-state index < -0.39 is 42.6 Å². The maximum Gasteiger partial charge on any atom is 0.305 e. The molecule has 0 spiro atoms. The van der Waals surface area contributed by atoms with Crippen molar-refractivity contribution in [3.05, 3.63) is 0 Å². The van der Waals surface area contributed by atoms with Crippen LogP contribution in [0.25, 0.3) is 0 Å². The first kappa shape index (κ1) is 17.8. The van der Waals surface area contributed by atoms with Crippen molar-refractivity contribution in [2.45, 2.75) is 57.1 Å². The normalized spacial score (nSPS) is 33.0. The van der Waals surface area contributed by atoms with Crippen LogP contribution in [0.4, 0.5) is 0 Å². The van der Waals surface area contributed by atoms with Gasteiger partial charge in [0.2, 0.25) is 0 Å². The molecule has 1 fully saturated rings. The van der Waals surface area contributed by atoms with Gasteiger partial charge >= 0.3 is 5.97 Å². The molecule has 122 valence electrons. The Kier molecular flexibility index (Phi) is 6.49.